The van der Waals surface area contributed by atoms with Gasteiger partial charge in [0.05, 0.1) is 11.4 Å². The number of hydrogen-bond donors (Lipinski definition) is 2. The fourth-order valence-corrected chi connectivity index (χ4v) is 3.31. The second kappa shape index (κ2) is 4.52. The van der Waals surface area contributed by atoms with Crippen LogP contribution in [0.25, 0.3) is 33.2 Å². The summed E-state index contributed by atoms with van der Waals surface area (Å²) in [6.07, 6.45) is 1.02. The van der Waals surface area contributed by atoms with Gasteiger partial charge in [-0.1, -0.05) is 43.3 Å². The van der Waals surface area contributed by atoms with Gasteiger partial charge >= 0.3 is 0 Å². The first-order chi connectivity index (χ1) is 10.3. The lowest BCUT2D eigenvalue weighted by atomic mass is 10.0. The molecule has 2 nitrogen and oxygen atoms in total. The molecule has 0 atom stereocenters. The number of rotatable bonds is 2. The SMILES string of the molecule is CCc1c(-c2[nH]c3ccccc3c2C)[nH]c2ccccc12. The molecule has 104 valence electrons. The predicted molar refractivity (Wildman–Crippen MR) is 89.7 cm³/mol. The second-order valence-electron chi connectivity index (χ2n) is 5.55. The molecule has 0 saturated carbocycles. The number of para-hydroxylation sites is 2. The van der Waals surface area contributed by atoms with Crippen LogP contribution < -0.4 is 0 Å². The number of hydrogen-bond acceptors (Lipinski definition) is 0. The standard InChI is InChI=1S/C19H18N2/c1-3-13-15-9-5-7-11-17(15)21-19(13)18-12(2)14-8-4-6-10-16(14)20-18/h4-11,20-21H,3H2,1-2H3. The van der Waals surface area contributed by atoms with E-state index in [1.54, 1.807) is 0 Å². The maximum absolute atomic E-state index is 3.60. The average molecular weight is 274 g/mol. The molecule has 4 rings (SSSR count). The Hall–Kier alpha value is -2.48. The minimum absolute atomic E-state index is 1.02. The van der Waals surface area contributed by atoms with E-state index in [-0.39, 0.29) is 0 Å². The van der Waals surface area contributed by atoms with E-state index in [1.807, 2.05) is 0 Å². The van der Waals surface area contributed by atoms with Gasteiger partial charge in [-0.05, 0) is 36.6 Å². The van der Waals surface area contributed by atoms with Crippen LogP contribution in [0.2, 0.25) is 0 Å². The summed E-state index contributed by atoms with van der Waals surface area (Å²) in [4.78, 5) is 7.19. The number of aromatic amines is 2. The monoisotopic (exact) mass is 274 g/mol. The van der Waals surface area contributed by atoms with Crippen molar-refractivity contribution in [2.45, 2.75) is 20.3 Å². The molecule has 2 aromatic heterocycles. The molecule has 0 amide bonds. The summed E-state index contributed by atoms with van der Waals surface area (Å²) in [5, 5.41) is 2.63. The molecule has 2 N–H and O–H groups in total. The number of benzene rings is 2. The number of nitrogens with one attached hydrogen (secondary N) is 2. The highest BCUT2D eigenvalue weighted by Gasteiger charge is 2.16. The van der Waals surface area contributed by atoms with Gasteiger partial charge in [-0.25, -0.2) is 0 Å². The van der Waals surface area contributed by atoms with E-state index in [0.29, 0.717) is 0 Å². The maximum Gasteiger partial charge on any atom is 0.0665 e. The van der Waals surface area contributed by atoms with Gasteiger partial charge in [-0.15, -0.1) is 0 Å². The highest BCUT2D eigenvalue weighted by atomic mass is 14.8. The van der Waals surface area contributed by atoms with E-state index in [4.69, 9.17) is 0 Å². The lowest BCUT2D eigenvalue weighted by molar-refractivity contribution is 1.15. The van der Waals surface area contributed by atoms with Gasteiger partial charge in [0.2, 0.25) is 0 Å². The molecule has 0 aliphatic heterocycles. The lowest BCUT2D eigenvalue weighted by Gasteiger charge is -2.02. The Morgan fingerprint density at radius 3 is 2.00 bits per heavy atom. The molecule has 0 aliphatic carbocycles. The van der Waals surface area contributed by atoms with Crippen LogP contribution in [0.3, 0.4) is 0 Å². The minimum atomic E-state index is 1.02. The van der Waals surface area contributed by atoms with E-state index >= 15 is 0 Å². The predicted octanol–water partition coefficient (Wildman–Crippen LogP) is 5.19. The maximum atomic E-state index is 3.60. The quantitative estimate of drug-likeness (QED) is 0.504. The van der Waals surface area contributed by atoms with Crippen LogP contribution >= 0.6 is 0 Å². The molecule has 4 aromatic rings. The number of aryl methyl sites for hydroxylation is 2. The van der Waals surface area contributed by atoms with Crippen LogP contribution in [0.5, 0.6) is 0 Å². The summed E-state index contributed by atoms with van der Waals surface area (Å²) in [6.45, 7) is 4.41. The number of H-pyrrole nitrogens is 2. The van der Waals surface area contributed by atoms with Crippen molar-refractivity contribution in [3.05, 3.63) is 59.7 Å². The third-order valence-electron chi connectivity index (χ3n) is 4.38. The van der Waals surface area contributed by atoms with Gasteiger partial charge < -0.3 is 9.97 Å². The average Bonchev–Trinajstić information content (AvgIpc) is 3.05. The van der Waals surface area contributed by atoms with E-state index in [0.717, 1.165) is 6.42 Å². The molecule has 0 saturated heterocycles. The summed E-state index contributed by atoms with van der Waals surface area (Å²) >= 11 is 0. The third kappa shape index (κ3) is 1.72. The molecular formula is C19H18N2. The first-order valence-corrected chi connectivity index (χ1v) is 7.47. The molecule has 2 aromatic carbocycles. The fraction of sp³-hybridized carbons (Fsp3) is 0.158. The summed E-state index contributed by atoms with van der Waals surface area (Å²) < 4.78 is 0. The molecule has 0 aliphatic rings. The Labute approximate surface area is 123 Å². The molecule has 0 unspecified atom stereocenters. The van der Waals surface area contributed by atoms with Crippen LogP contribution in [0.15, 0.2) is 48.5 Å². The van der Waals surface area contributed by atoms with E-state index in [9.17, 15) is 0 Å². The summed E-state index contributed by atoms with van der Waals surface area (Å²) in [7, 11) is 0. The second-order valence-corrected chi connectivity index (χ2v) is 5.55. The van der Waals surface area contributed by atoms with Gasteiger partial charge in [-0.2, -0.15) is 0 Å². The lowest BCUT2D eigenvalue weighted by Crippen LogP contribution is -1.86. The van der Waals surface area contributed by atoms with Gasteiger partial charge in [0.1, 0.15) is 0 Å². The summed E-state index contributed by atoms with van der Waals surface area (Å²) in [5.41, 5.74) is 7.55. The Balaban J connectivity index is 2.06. The van der Waals surface area contributed by atoms with Crippen molar-refractivity contribution in [3.8, 4) is 11.4 Å². The highest BCUT2D eigenvalue weighted by molar-refractivity contribution is 5.95. The molecule has 0 radical (unpaired) electrons. The first-order valence-electron chi connectivity index (χ1n) is 7.47. The zero-order valence-corrected chi connectivity index (χ0v) is 12.3. The topological polar surface area (TPSA) is 31.6 Å². The van der Waals surface area contributed by atoms with E-state index in [1.165, 1.54) is 44.3 Å². The van der Waals surface area contributed by atoms with Crippen molar-refractivity contribution in [3.63, 3.8) is 0 Å². The van der Waals surface area contributed by atoms with Crippen LogP contribution in [0.1, 0.15) is 18.1 Å². The highest BCUT2D eigenvalue weighted by Crippen LogP contribution is 2.34. The Bertz CT molecular complexity index is 941. The molecule has 0 fully saturated rings. The van der Waals surface area contributed by atoms with Gasteiger partial charge in [-0.3, -0.25) is 0 Å². The van der Waals surface area contributed by atoms with Crippen LogP contribution in [0, 0.1) is 6.92 Å². The van der Waals surface area contributed by atoms with Crippen LogP contribution in [-0.2, 0) is 6.42 Å². The molecule has 0 spiro atoms. The van der Waals surface area contributed by atoms with Crippen molar-refractivity contribution in [2.75, 3.05) is 0 Å². The summed E-state index contributed by atoms with van der Waals surface area (Å²) in [5.74, 6) is 0. The largest absolute Gasteiger partial charge is 0.353 e. The minimum Gasteiger partial charge on any atom is -0.353 e. The van der Waals surface area contributed by atoms with Crippen LogP contribution in [0.4, 0.5) is 0 Å². The molecule has 2 heterocycles. The normalized spacial score (nSPS) is 11.5. The Kier molecular flexibility index (Phi) is 2.64. The number of aromatic nitrogens is 2. The molecule has 21 heavy (non-hydrogen) atoms. The van der Waals surface area contributed by atoms with E-state index in [2.05, 4.69) is 72.3 Å². The van der Waals surface area contributed by atoms with Gasteiger partial charge in [0.25, 0.3) is 0 Å². The number of fused-ring (bicyclic) bond motifs is 2. The molecule has 2 heteroatoms. The first kappa shape index (κ1) is 12.3. The van der Waals surface area contributed by atoms with Crippen molar-refractivity contribution < 1.29 is 0 Å². The Morgan fingerprint density at radius 2 is 1.33 bits per heavy atom. The zero-order chi connectivity index (χ0) is 14.4. The third-order valence-corrected chi connectivity index (χ3v) is 4.38. The smallest absolute Gasteiger partial charge is 0.0665 e. The van der Waals surface area contributed by atoms with Gasteiger partial charge in [0.15, 0.2) is 0 Å². The van der Waals surface area contributed by atoms with Crippen molar-refractivity contribution in [1.29, 1.82) is 0 Å². The summed E-state index contributed by atoms with van der Waals surface area (Å²) in [6, 6.07) is 17.0. The van der Waals surface area contributed by atoms with Crippen molar-refractivity contribution in [1.82, 2.24) is 9.97 Å². The van der Waals surface area contributed by atoms with E-state index < -0.39 is 0 Å². The van der Waals surface area contributed by atoms with Crippen LogP contribution in [-0.4, -0.2) is 9.97 Å². The molecular weight excluding hydrogens is 256 g/mol. The van der Waals surface area contributed by atoms with Crippen molar-refractivity contribution in [2.24, 2.45) is 0 Å². The van der Waals surface area contributed by atoms with Gasteiger partial charge in [0, 0.05) is 21.8 Å². The Morgan fingerprint density at radius 1 is 0.762 bits per heavy atom. The zero-order valence-electron chi connectivity index (χ0n) is 12.3. The molecule has 0 bridgehead atoms. The fourth-order valence-electron chi connectivity index (χ4n) is 3.31. The van der Waals surface area contributed by atoms with Crippen molar-refractivity contribution >= 4 is 21.8 Å².